The van der Waals surface area contributed by atoms with Crippen molar-refractivity contribution in [1.82, 2.24) is 0 Å². The van der Waals surface area contributed by atoms with E-state index in [1.54, 1.807) is 12.1 Å². The molecule has 3 rings (SSSR count). The molecule has 1 N–H and O–H groups in total. The molecule has 31 heavy (non-hydrogen) atoms. The fourth-order valence-corrected chi connectivity index (χ4v) is 3.41. The highest BCUT2D eigenvalue weighted by molar-refractivity contribution is 7.98. The number of hydrogen-bond donors (Lipinski definition) is 1. The van der Waals surface area contributed by atoms with E-state index in [9.17, 15) is 31.1 Å². The smallest absolute Gasteiger partial charge is 0.326 e. The molecule has 0 spiro atoms. The van der Waals surface area contributed by atoms with Crippen molar-refractivity contribution in [3.8, 4) is 11.1 Å². The Morgan fingerprint density at radius 1 is 0.935 bits per heavy atom. The van der Waals surface area contributed by atoms with E-state index in [0.717, 1.165) is 17.0 Å². The number of rotatable bonds is 5. The van der Waals surface area contributed by atoms with Crippen molar-refractivity contribution >= 4 is 23.4 Å². The third-order valence-corrected chi connectivity index (χ3v) is 5.15. The molecule has 3 aromatic rings. The number of thioether (sulfide) groups is 1. The lowest BCUT2D eigenvalue weighted by molar-refractivity contribution is -0.137. The van der Waals surface area contributed by atoms with Crippen molar-refractivity contribution < 1.29 is 31.1 Å². The van der Waals surface area contributed by atoms with Crippen LogP contribution in [0.4, 0.5) is 32.0 Å². The van der Waals surface area contributed by atoms with Crippen molar-refractivity contribution in [2.75, 3.05) is 11.6 Å². The molecule has 0 unspecified atom stereocenters. The first-order valence-corrected chi connectivity index (χ1v) is 10.1. The van der Waals surface area contributed by atoms with Gasteiger partial charge in [0, 0.05) is 10.6 Å². The van der Waals surface area contributed by atoms with Gasteiger partial charge in [-0.2, -0.15) is 13.2 Å². The summed E-state index contributed by atoms with van der Waals surface area (Å²) in [6, 6.07) is 10.1. The number of alkyl halides is 3. The minimum atomic E-state index is -5.02. The van der Waals surface area contributed by atoms with Crippen LogP contribution in [0.1, 0.15) is 11.1 Å². The molecule has 0 atom stereocenters. The van der Waals surface area contributed by atoms with Crippen LogP contribution in [0, 0.1) is 17.5 Å². The Bertz CT molecular complexity index is 1090. The summed E-state index contributed by atoms with van der Waals surface area (Å²) in [5.41, 5.74) is -2.88. The Balaban J connectivity index is 1.86. The molecule has 3 aromatic carbocycles. The van der Waals surface area contributed by atoms with Crippen LogP contribution in [0.25, 0.3) is 11.1 Å². The fraction of sp³-hybridized carbons (Fsp3) is 0.136. The number of hydrogen-bond acceptors (Lipinski definition) is 2. The van der Waals surface area contributed by atoms with E-state index in [4.69, 9.17) is 0 Å². The van der Waals surface area contributed by atoms with Crippen molar-refractivity contribution in [3.05, 3.63) is 83.2 Å². The van der Waals surface area contributed by atoms with Crippen molar-refractivity contribution in [2.24, 2.45) is 0 Å². The molecule has 0 saturated heterocycles. The van der Waals surface area contributed by atoms with E-state index in [0.29, 0.717) is 17.7 Å². The van der Waals surface area contributed by atoms with Crippen molar-refractivity contribution in [3.63, 3.8) is 0 Å². The second-order valence-corrected chi connectivity index (χ2v) is 7.46. The zero-order chi connectivity index (χ0) is 22.8. The van der Waals surface area contributed by atoms with Gasteiger partial charge in [0.1, 0.15) is 17.5 Å². The van der Waals surface area contributed by atoms with Crippen LogP contribution in [0.5, 0.6) is 0 Å². The first-order chi connectivity index (χ1) is 14.6. The number of amides is 1. The largest absolute Gasteiger partial charge is 0.417 e. The van der Waals surface area contributed by atoms with Crippen LogP contribution < -0.4 is 5.32 Å². The van der Waals surface area contributed by atoms with Crippen LogP contribution in [-0.2, 0) is 17.4 Å². The monoisotopic (exact) mass is 455 g/mol. The van der Waals surface area contributed by atoms with E-state index in [1.165, 1.54) is 11.8 Å². The van der Waals surface area contributed by atoms with Gasteiger partial charge in [0.15, 0.2) is 0 Å². The van der Waals surface area contributed by atoms with E-state index in [-0.39, 0.29) is 18.2 Å². The van der Waals surface area contributed by atoms with Crippen LogP contribution in [0.3, 0.4) is 0 Å². The SMILES string of the molecule is CSc1ccc(CC(=O)Nc2cc(F)c(-c3ccc(F)cc3C(F)(F)F)c(F)c2)cc1. The van der Waals surface area contributed by atoms with Gasteiger partial charge in [0.2, 0.25) is 5.91 Å². The van der Waals surface area contributed by atoms with Crippen LogP contribution in [-0.4, -0.2) is 12.2 Å². The summed E-state index contributed by atoms with van der Waals surface area (Å²) in [5, 5.41) is 2.33. The fourth-order valence-electron chi connectivity index (χ4n) is 3.01. The van der Waals surface area contributed by atoms with Gasteiger partial charge in [-0.3, -0.25) is 4.79 Å². The Hall–Kier alpha value is -2.94. The summed E-state index contributed by atoms with van der Waals surface area (Å²) >= 11 is 1.53. The van der Waals surface area contributed by atoms with Gasteiger partial charge in [-0.25, -0.2) is 13.2 Å². The molecule has 0 fully saturated rings. The van der Waals surface area contributed by atoms with E-state index < -0.39 is 46.2 Å². The number of carbonyl (C=O) groups excluding carboxylic acids is 1. The third kappa shape index (κ3) is 5.41. The Kier molecular flexibility index (Phi) is 6.64. The summed E-state index contributed by atoms with van der Waals surface area (Å²) in [7, 11) is 0. The van der Waals surface area contributed by atoms with Crippen LogP contribution in [0.15, 0.2) is 59.5 Å². The van der Waals surface area contributed by atoms with Gasteiger partial charge in [-0.15, -0.1) is 11.8 Å². The molecule has 0 radical (unpaired) electrons. The zero-order valence-corrected chi connectivity index (χ0v) is 16.8. The Morgan fingerprint density at radius 3 is 2.10 bits per heavy atom. The number of halogens is 6. The van der Waals surface area contributed by atoms with Gasteiger partial charge in [0.25, 0.3) is 0 Å². The summed E-state index contributed by atoms with van der Waals surface area (Å²) in [6.07, 6.45) is -3.18. The lowest BCUT2D eigenvalue weighted by Gasteiger charge is -2.15. The van der Waals surface area contributed by atoms with Crippen LogP contribution in [0.2, 0.25) is 0 Å². The van der Waals surface area contributed by atoms with Crippen molar-refractivity contribution in [2.45, 2.75) is 17.5 Å². The summed E-state index contributed by atoms with van der Waals surface area (Å²) < 4.78 is 82.1. The maximum absolute atomic E-state index is 14.6. The molecule has 0 bridgehead atoms. The zero-order valence-electron chi connectivity index (χ0n) is 16.0. The molecule has 0 aromatic heterocycles. The maximum Gasteiger partial charge on any atom is 0.417 e. The molecule has 162 valence electrons. The lowest BCUT2D eigenvalue weighted by atomic mass is 9.97. The average molecular weight is 455 g/mol. The molecule has 1 amide bonds. The Morgan fingerprint density at radius 2 is 1.55 bits per heavy atom. The molecule has 0 aliphatic carbocycles. The highest BCUT2D eigenvalue weighted by Crippen LogP contribution is 2.40. The number of nitrogens with one attached hydrogen (secondary N) is 1. The lowest BCUT2D eigenvalue weighted by Crippen LogP contribution is -2.15. The Labute approximate surface area is 178 Å². The molecule has 2 nitrogen and oxygen atoms in total. The number of anilines is 1. The molecule has 0 heterocycles. The predicted octanol–water partition coefficient (Wildman–Crippen LogP) is 6.69. The van der Waals surface area contributed by atoms with Crippen molar-refractivity contribution in [1.29, 1.82) is 0 Å². The molecular weight excluding hydrogens is 440 g/mol. The maximum atomic E-state index is 14.6. The second kappa shape index (κ2) is 9.05. The molecule has 0 aliphatic heterocycles. The minimum absolute atomic E-state index is 0.0597. The minimum Gasteiger partial charge on any atom is -0.326 e. The highest BCUT2D eigenvalue weighted by Gasteiger charge is 2.35. The molecular formula is C22H15F6NOS. The van der Waals surface area contributed by atoms with Gasteiger partial charge in [0.05, 0.1) is 17.5 Å². The molecule has 0 saturated carbocycles. The standard InChI is InChI=1S/C22H15F6NOS/c1-31-15-5-2-12(3-6-15)8-20(30)29-14-10-18(24)21(19(25)11-14)16-7-4-13(23)9-17(16)22(26,27)28/h2-7,9-11H,8H2,1H3,(H,29,30). The van der Waals surface area contributed by atoms with E-state index in [2.05, 4.69) is 5.32 Å². The summed E-state index contributed by atoms with van der Waals surface area (Å²) in [4.78, 5) is 13.2. The van der Waals surface area contributed by atoms with Gasteiger partial charge in [-0.1, -0.05) is 18.2 Å². The summed E-state index contributed by atoms with van der Waals surface area (Å²) in [6.45, 7) is 0. The van der Waals surface area contributed by atoms with Gasteiger partial charge in [-0.05, 0) is 53.8 Å². The molecule has 9 heteroatoms. The van der Waals surface area contributed by atoms with Crippen LogP contribution >= 0.6 is 11.8 Å². The van der Waals surface area contributed by atoms with Gasteiger partial charge < -0.3 is 5.32 Å². The second-order valence-electron chi connectivity index (χ2n) is 6.58. The molecule has 0 aliphatic rings. The highest BCUT2D eigenvalue weighted by atomic mass is 32.2. The normalized spacial score (nSPS) is 11.5. The first-order valence-electron chi connectivity index (χ1n) is 8.87. The predicted molar refractivity (Wildman–Crippen MR) is 107 cm³/mol. The quantitative estimate of drug-likeness (QED) is 0.343. The average Bonchev–Trinajstić information content (AvgIpc) is 2.68. The summed E-state index contributed by atoms with van der Waals surface area (Å²) in [5.74, 6) is -4.39. The van der Waals surface area contributed by atoms with Gasteiger partial charge >= 0.3 is 6.18 Å². The number of benzene rings is 3. The van der Waals surface area contributed by atoms with E-state index in [1.807, 2.05) is 18.4 Å². The third-order valence-electron chi connectivity index (χ3n) is 4.41. The topological polar surface area (TPSA) is 29.1 Å². The number of carbonyl (C=O) groups is 1. The van der Waals surface area contributed by atoms with E-state index >= 15 is 0 Å². The first kappa shape index (κ1) is 22.7.